The lowest BCUT2D eigenvalue weighted by Crippen LogP contribution is -2.00. The van der Waals surface area contributed by atoms with Gasteiger partial charge in [0.15, 0.2) is 5.82 Å². The monoisotopic (exact) mass is 137 g/mol. The molecule has 0 saturated carbocycles. The molecule has 0 saturated heterocycles. The molecule has 0 bridgehead atoms. The maximum atomic E-state index is 4.20. The number of hydrogen-bond donors (Lipinski definition) is 0. The fourth-order valence-corrected chi connectivity index (χ4v) is 0.648. The van der Waals surface area contributed by atoms with Gasteiger partial charge >= 0.3 is 0 Å². The van der Waals surface area contributed by atoms with Crippen LogP contribution in [0.15, 0.2) is 6.20 Å². The smallest absolute Gasteiger partial charge is 0.153 e. The minimum atomic E-state index is 0.368. The first-order valence-corrected chi connectivity index (χ1v) is 3.36. The van der Waals surface area contributed by atoms with Crippen molar-refractivity contribution in [2.45, 2.75) is 26.7 Å². The number of hydrogen-bond acceptors (Lipinski definition) is 3. The Kier molecular flexibility index (Phi) is 1.94. The predicted molar refractivity (Wildman–Crippen MR) is 38.7 cm³/mol. The van der Waals surface area contributed by atoms with E-state index in [-0.39, 0.29) is 0 Å². The van der Waals surface area contributed by atoms with E-state index in [9.17, 15) is 0 Å². The van der Waals surface area contributed by atoms with Crippen LogP contribution < -0.4 is 0 Å². The van der Waals surface area contributed by atoms with Gasteiger partial charge in [0.05, 0.1) is 11.9 Å². The summed E-state index contributed by atoms with van der Waals surface area (Å²) in [5, 5.41) is 7.67. The molecule has 0 N–H and O–H groups in total. The maximum absolute atomic E-state index is 4.20. The van der Waals surface area contributed by atoms with Gasteiger partial charge in [-0.25, -0.2) is 4.98 Å². The highest BCUT2D eigenvalue weighted by atomic mass is 15.1. The average molecular weight is 137 g/mol. The van der Waals surface area contributed by atoms with Crippen LogP contribution in [0.4, 0.5) is 0 Å². The number of aryl methyl sites for hydroxylation is 1. The molecular formula is C7H11N3. The molecule has 0 atom stereocenters. The topological polar surface area (TPSA) is 38.7 Å². The Morgan fingerprint density at radius 1 is 1.40 bits per heavy atom. The van der Waals surface area contributed by atoms with E-state index in [0.717, 1.165) is 11.5 Å². The van der Waals surface area contributed by atoms with Crippen LogP contribution in [0.5, 0.6) is 0 Å². The van der Waals surface area contributed by atoms with Crippen LogP contribution in [0.3, 0.4) is 0 Å². The van der Waals surface area contributed by atoms with Gasteiger partial charge in [-0.3, -0.25) is 0 Å². The zero-order valence-corrected chi connectivity index (χ0v) is 6.50. The third-order valence-electron chi connectivity index (χ3n) is 1.21. The Morgan fingerprint density at radius 2 is 2.10 bits per heavy atom. The Bertz CT molecular complexity index is 220. The van der Waals surface area contributed by atoms with Crippen molar-refractivity contribution in [2.24, 2.45) is 0 Å². The lowest BCUT2D eigenvalue weighted by molar-refractivity contribution is 0.726. The van der Waals surface area contributed by atoms with Crippen LogP contribution in [0, 0.1) is 6.92 Å². The first kappa shape index (κ1) is 7.12. The second kappa shape index (κ2) is 2.73. The Morgan fingerprint density at radius 3 is 2.50 bits per heavy atom. The van der Waals surface area contributed by atoms with Crippen LogP contribution >= 0.6 is 0 Å². The summed E-state index contributed by atoms with van der Waals surface area (Å²) in [4.78, 5) is 4.20. The second-order valence-electron chi connectivity index (χ2n) is 2.61. The fourth-order valence-electron chi connectivity index (χ4n) is 0.648. The van der Waals surface area contributed by atoms with Gasteiger partial charge < -0.3 is 0 Å². The molecule has 1 rings (SSSR count). The SMILES string of the molecule is Cc1cnnc(C(C)C)n1. The van der Waals surface area contributed by atoms with E-state index in [4.69, 9.17) is 0 Å². The standard InChI is InChI=1S/C7H11N3/c1-5(2)7-9-6(3)4-8-10-7/h4-5H,1-3H3. The summed E-state index contributed by atoms with van der Waals surface area (Å²) in [7, 11) is 0. The minimum Gasteiger partial charge on any atom is -0.234 e. The number of nitrogens with zero attached hydrogens (tertiary/aromatic N) is 3. The van der Waals surface area contributed by atoms with E-state index in [1.54, 1.807) is 6.20 Å². The molecule has 1 heterocycles. The number of rotatable bonds is 1. The molecule has 0 spiro atoms. The molecule has 54 valence electrons. The molecule has 0 aliphatic rings. The molecule has 1 aromatic rings. The Balaban J connectivity index is 2.96. The van der Waals surface area contributed by atoms with Crippen LogP contribution in [-0.2, 0) is 0 Å². The molecule has 0 aromatic carbocycles. The van der Waals surface area contributed by atoms with Crippen molar-refractivity contribution in [3.8, 4) is 0 Å². The van der Waals surface area contributed by atoms with Crippen molar-refractivity contribution in [3.63, 3.8) is 0 Å². The van der Waals surface area contributed by atoms with Gasteiger partial charge in [-0.05, 0) is 6.92 Å². The van der Waals surface area contributed by atoms with Gasteiger partial charge in [0.25, 0.3) is 0 Å². The quantitative estimate of drug-likeness (QED) is 0.585. The lowest BCUT2D eigenvalue weighted by atomic mass is 10.2. The van der Waals surface area contributed by atoms with Gasteiger partial charge in [0.2, 0.25) is 0 Å². The van der Waals surface area contributed by atoms with Gasteiger partial charge in [-0.1, -0.05) is 13.8 Å². The van der Waals surface area contributed by atoms with E-state index in [1.807, 2.05) is 6.92 Å². The van der Waals surface area contributed by atoms with Crippen LogP contribution in [0.1, 0.15) is 31.3 Å². The van der Waals surface area contributed by atoms with E-state index >= 15 is 0 Å². The molecule has 0 fully saturated rings. The highest BCUT2D eigenvalue weighted by molar-refractivity contribution is 4.96. The van der Waals surface area contributed by atoms with Gasteiger partial charge in [0.1, 0.15) is 0 Å². The van der Waals surface area contributed by atoms with E-state index in [2.05, 4.69) is 29.0 Å². The fraction of sp³-hybridized carbons (Fsp3) is 0.571. The summed E-state index contributed by atoms with van der Waals surface area (Å²) >= 11 is 0. The summed E-state index contributed by atoms with van der Waals surface area (Å²) in [6.45, 7) is 6.02. The average Bonchev–Trinajstić information content (AvgIpc) is 1.88. The summed E-state index contributed by atoms with van der Waals surface area (Å²) in [5.74, 6) is 1.19. The molecule has 0 unspecified atom stereocenters. The van der Waals surface area contributed by atoms with Gasteiger partial charge in [0, 0.05) is 5.92 Å². The largest absolute Gasteiger partial charge is 0.234 e. The maximum Gasteiger partial charge on any atom is 0.153 e. The lowest BCUT2D eigenvalue weighted by Gasteiger charge is -2.00. The normalized spacial score (nSPS) is 10.4. The second-order valence-corrected chi connectivity index (χ2v) is 2.61. The molecule has 0 aliphatic carbocycles. The summed E-state index contributed by atoms with van der Waals surface area (Å²) in [6.07, 6.45) is 1.66. The molecule has 0 aliphatic heterocycles. The van der Waals surface area contributed by atoms with Crippen molar-refractivity contribution in [2.75, 3.05) is 0 Å². The zero-order valence-electron chi connectivity index (χ0n) is 6.50. The van der Waals surface area contributed by atoms with Crippen LogP contribution in [0.25, 0.3) is 0 Å². The molecular weight excluding hydrogens is 126 g/mol. The molecule has 0 amide bonds. The zero-order chi connectivity index (χ0) is 7.56. The first-order chi connectivity index (χ1) is 4.70. The molecule has 10 heavy (non-hydrogen) atoms. The first-order valence-electron chi connectivity index (χ1n) is 3.36. The Labute approximate surface area is 60.5 Å². The Hall–Kier alpha value is -0.990. The highest BCUT2D eigenvalue weighted by Crippen LogP contribution is 2.05. The third-order valence-corrected chi connectivity index (χ3v) is 1.21. The predicted octanol–water partition coefficient (Wildman–Crippen LogP) is 1.30. The summed E-state index contributed by atoms with van der Waals surface area (Å²) in [6, 6.07) is 0. The van der Waals surface area contributed by atoms with Crippen molar-refractivity contribution in [3.05, 3.63) is 17.7 Å². The van der Waals surface area contributed by atoms with Crippen molar-refractivity contribution in [1.29, 1.82) is 0 Å². The van der Waals surface area contributed by atoms with Crippen molar-refractivity contribution in [1.82, 2.24) is 15.2 Å². The van der Waals surface area contributed by atoms with E-state index in [0.29, 0.717) is 5.92 Å². The van der Waals surface area contributed by atoms with Crippen molar-refractivity contribution >= 4 is 0 Å². The molecule has 3 heteroatoms. The summed E-state index contributed by atoms with van der Waals surface area (Å²) < 4.78 is 0. The third kappa shape index (κ3) is 1.50. The van der Waals surface area contributed by atoms with E-state index in [1.165, 1.54) is 0 Å². The minimum absolute atomic E-state index is 0.368. The molecule has 1 aromatic heterocycles. The van der Waals surface area contributed by atoms with E-state index < -0.39 is 0 Å². The van der Waals surface area contributed by atoms with Gasteiger partial charge in [-0.15, -0.1) is 5.10 Å². The molecule has 0 radical (unpaired) electrons. The summed E-state index contributed by atoms with van der Waals surface area (Å²) in [5.41, 5.74) is 0.929. The van der Waals surface area contributed by atoms with Crippen LogP contribution in [0.2, 0.25) is 0 Å². The molecule has 3 nitrogen and oxygen atoms in total. The number of aromatic nitrogens is 3. The van der Waals surface area contributed by atoms with Gasteiger partial charge in [-0.2, -0.15) is 5.10 Å². The highest BCUT2D eigenvalue weighted by Gasteiger charge is 2.01. The van der Waals surface area contributed by atoms with Crippen LogP contribution in [-0.4, -0.2) is 15.2 Å². The van der Waals surface area contributed by atoms with Crippen molar-refractivity contribution < 1.29 is 0 Å².